The van der Waals surface area contributed by atoms with Crippen LogP contribution in [0.4, 0.5) is 0 Å². The van der Waals surface area contributed by atoms with E-state index in [2.05, 4.69) is 93.6 Å². The Balaban J connectivity index is 0.000000334. The van der Waals surface area contributed by atoms with Gasteiger partial charge in [-0.05, 0) is 92.5 Å². The second-order valence-corrected chi connectivity index (χ2v) is 19.3. The summed E-state index contributed by atoms with van der Waals surface area (Å²) in [5, 5.41) is 0. The summed E-state index contributed by atoms with van der Waals surface area (Å²) in [6, 6.07) is 27.9. The van der Waals surface area contributed by atoms with E-state index in [0.717, 1.165) is 6.42 Å². The van der Waals surface area contributed by atoms with Gasteiger partial charge in [-0.25, -0.2) is 8.42 Å². The Morgan fingerprint density at radius 2 is 1.15 bits per heavy atom. The zero-order valence-electron chi connectivity index (χ0n) is 32.9. The normalized spacial score (nSPS) is 19.2. The zero-order chi connectivity index (χ0) is 37.6. The third-order valence-corrected chi connectivity index (χ3v) is 15.2. The van der Waals surface area contributed by atoms with Crippen LogP contribution in [0.1, 0.15) is 148 Å². The van der Waals surface area contributed by atoms with E-state index in [0.29, 0.717) is 12.8 Å². The van der Waals surface area contributed by atoms with Crippen LogP contribution >= 0.6 is 0 Å². The fraction of sp³-hybridized carbons (Fsp3) is 0.587. The molecular weight excluding hydrogens is 681 g/mol. The molecule has 0 heterocycles. The smallest absolute Gasteiger partial charge is 0.172 e. The lowest BCUT2D eigenvalue weighted by molar-refractivity contribution is -0.128. The number of hydrogen-bond donors (Lipinski definition) is 0. The highest BCUT2D eigenvalue weighted by atomic mass is 32.2. The standard InChI is InChI=1S/C36H51S.C10H16O4S/c1-4-7-10-15-22-31-29-32(23-16-11-8-5-2)36(33(30-31)24-17-12-9-6-3)37(34-25-18-13-19-26-34)35-27-20-14-21-28-35;1-9(2)7-3-4-10(9,8(11)5-7)6-15(12,13)14/h13-14,18-21,25-30H,4-12,15-17,22-24H2,1-3H3;7H,3-6H2,1-2H3,(H,12,13,14)/q+1;/p-1. The van der Waals surface area contributed by atoms with E-state index in [4.69, 9.17) is 0 Å². The van der Waals surface area contributed by atoms with E-state index in [1.165, 1.54) is 106 Å². The second kappa shape index (κ2) is 20.3. The summed E-state index contributed by atoms with van der Waals surface area (Å²) in [5.74, 6) is -0.280. The van der Waals surface area contributed by atoms with Crippen molar-refractivity contribution in [1.29, 1.82) is 0 Å². The number of Topliss-reactive ketones (excluding diaryl/α,β-unsaturated/α-hetero) is 1. The summed E-state index contributed by atoms with van der Waals surface area (Å²) < 4.78 is 32.7. The summed E-state index contributed by atoms with van der Waals surface area (Å²) in [6.45, 7) is 10.8. The molecule has 4 nitrogen and oxygen atoms in total. The van der Waals surface area contributed by atoms with Crippen LogP contribution < -0.4 is 0 Å². The SMILES string of the molecule is CC1(C)C2CCC1(CS(=O)(=O)[O-])C(=O)C2.CCCCCCc1cc(CCCCCC)c([S+](c2ccccc2)c2ccccc2)c(CCCCCC)c1. The highest BCUT2D eigenvalue weighted by molar-refractivity contribution is 7.97. The molecule has 0 N–H and O–H groups in total. The maximum atomic E-state index is 11.8. The molecule has 5 rings (SSSR count). The number of unbranched alkanes of at least 4 members (excludes halogenated alkanes) is 9. The number of carbonyl (C=O) groups excluding carboxylic acids is 1. The topological polar surface area (TPSA) is 74.3 Å². The van der Waals surface area contributed by atoms with Crippen LogP contribution in [0.3, 0.4) is 0 Å². The monoisotopic (exact) mass is 746 g/mol. The number of ketones is 1. The van der Waals surface area contributed by atoms with Crippen LogP contribution in [0.5, 0.6) is 0 Å². The molecule has 2 atom stereocenters. The van der Waals surface area contributed by atoms with E-state index >= 15 is 0 Å². The minimum absolute atomic E-state index is 0.0248. The van der Waals surface area contributed by atoms with Crippen molar-refractivity contribution in [2.45, 2.75) is 165 Å². The molecule has 0 amide bonds. The van der Waals surface area contributed by atoms with E-state index in [1.807, 2.05) is 13.8 Å². The summed E-state index contributed by atoms with van der Waals surface area (Å²) in [5.41, 5.74) is 3.62. The van der Waals surface area contributed by atoms with Gasteiger partial charge in [-0.3, -0.25) is 4.79 Å². The fourth-order valence-corrected chi connectivity index (χ4v) is 12.5. The molecule has 52 heavy (non-hydrogen) atoms. The Morgan fingerprint density at radius 1 is 0.692 bits per heavy atom. The molecule has 0 saturated heterocycles. The molecule has 2 saturated carbocycles. The van der Waals surface area contributed by atoms with E-state index in [-0.39, 0.29) is 28.0 Å². The van der Waals surface area contributed by atoms with Gasteiger partial charge in [0.1, 0.15) is 5.78 Å². The third-order valence-electron chi connectivity index (χ3n) is 11.9. The number of fused-ring (bicyclic) bond motifs is 2. The van der Waals surface area contributed by atoms with Crippen LogP contribution in [0.25, 0.3) is 0 Å². The zero-order valence-corrected chi connectivity index (χ0v) is 34.5. The predicted molar refractivity (Wildman–Crippen MR) is 218 cm³/mol. The summed E-state index contributed by atoms with van der Waals surface area (Å²) in [7, 11) is -4.40. The van der Waals surface area contributed by atoms with Crippen molar-refractivity contribution < 1.29 is 17.8 Å². The molecule has 0 aromatic heterocycles. The lowest BCUT2D eigenvalue weighted by Crippen LogP contribution is -2.42. The molecule has 2 aliphatic carbocycles. The van der Waals surface area contributed by atoms with Gasteiger partial charge in [0.25, 0.3) is 0 Å². The maximum Gasteiger partial charge on any atom is 0.172 e. The first-order chi connectivity index (χ1) is 25.0. The van der Waals surface area contributed by atoms with Crippen LogP contribution in [0, 0.1) is 16.7 Å². The van der Waals surface area contributed by atoms with Crippen molar-refractivity contribution in [1.82, 2.24) is 0 Å². The van der Waals surface area contributed by atoms with Crippen LogP contribution in [-0.2, 0) is 45.1 Å². The van der Waals surface area contributed by atoms with Crippen LogP contribution in [-0.4, -0.2) is 24.5 Å². The lowest BCUT2D eigenvalue weighted by Gasteiger charge is -2.37. The van der Waals surface area contributed by atoms with E-state index < -0.39 is 21.3 Å². The molecule has 2 bridgehead atoms. The van der Waals surface area contributed by atoms with Gasteiger partial charge >= 0.3 is 0 Å². The molecule has 3 aromatic carbocycles. The van der Waals surface area contributed by atoms with Gasteiger partial charge in [0.2, 0.25) is 0 Å². The Hall–Kier alpha value is -2.41. The highest BCUT2D eigenvalue weighted by Crippen LogP contribution is 2.64. The molecule has 6 heteroatoms. The molecule has 286 valence electrons. The Bertz CT molecular complexity index is 1560. The highest BCUT2D eigenvalue weighted by Gasteiger charge is 2.64. The molecule has 0 radical (unpaired) electrons. The van der Waals surface area contributed by atoms with Gasteiger partial charge in [-0.1, -0.05) is 141 Å². The first kappa shape index (κ1) is 42.3. The van der Waals surface area contributed by atoms with Gasteiger partial charge < -0.3 is 4.55 Å². The quantitative estimate of drug-likeness (QED) is 0.0655. The first-order valence-corrected chi connectivity index (χ1v) is 23.2. The van der Waals surface area contributed by atoms with Gasteiger partial charge in [-0.15, -0.1) is 0 Å². The van der Waals surface area contributed by atoms with Crippen LogP contribution in [0.2, 0.25) is 0 Å². The molecule has 2 unspecified atom stereocenters. The summed E-state index contributed by atoms with van der Waals surface area (Å²) >= 11 is 0. The molecular formula is C46H66O4S2. The maximum absolute atomic E-state index is 11.8. The van der Waals surface area contributed by atoms with Crippen molar-refractivity contribution in [2.75, 3.05) is 5.75 Å². The van der Waals surface area contributed by atoms with Crippen molar-refractivity contribution >= 4 is 26.8 Å². The third kappa shape index (κ3) is 11.1. The number of benzene rings is 3. The van der Waals surface area contributed by atoms with Gasteiger partial charge in [-0.2, -0.15) is 0 Å². The van der Waals surface area contributed by atoms with Gasteiger partial charge in [0.05, 0.1) is 26.8 Å². The minimum Gasteiger partial charge on any atom is -0.748 e. The van der Waals surface area contributed by atoms with Crippen molar-refractivity contribution in [2.24, 2.45) is 16.7 Å². The van der Waals surface area contributed by atoms with Crippen molar-refractivity contribution in [3.8, 4) is 0 Å². The molecule has 2 fully saturated rings. The lowest BCUT2D eigenvalue weighted by atomic mass is 9.70. The molecule has 2 aliphatic rings. The average Bonchev–Trinajstić information content (AvgIpc) is 3.46. The molecule has 3 aromatic rings. The van der Waals surface area contributed by atoms with Gasteiger partial charge in [0.15, 0.2) is 14.7 Å². The minimum atomic E-state index is -4.33. The molecule has 0 aliphatic heterocycles. The summed E-state index contributed by atoms with van der Waals surface area (Å²) in [6.07, 6.45) is 21.4. The summed E-state index contributed by atoms with van der Waals surface area (Å²) in [4.78, 5) is 16.4. The van der Waals surface area contributed by atoms with Gasteiger partial charge in [0, 0.05) is 23.0 Å². The second-order valence-electron chi connectivity index (χ2n) is 16.0. The number of rotatable bonds is 20. The predicted octanol–water partition coefficient (Wildman–Crippen LogP) is 12.1. The molecule has 0 spiro atoms. The Kier molecular flexibility index (Phi) is 16.5. The Morgan fingerprint density at radius 3 is 1.54 bits per heavy atom. The van der Waals surface area contributed by atoms with Crippen LogP contribution in [0.15, 0.2) is 87.5 Å². The average molecular weight is 747 g/mol. The van der Waals surface area contributed by atoms with Crippen molar-refractivity contribution in [3.05, 3.63) is 89.5 Å². The first-order valence-electron chi connectivity index (χ1n) is 20.4. The van der Waals surface area contributed by atoms with E-state index in [9.17, 15) is 17.8 Å². The number of carbonyl (C=O) groups is 1. The largest absolute Gasteiger partial charge is 0.748 e. The van der Waals surface area contributed by atoms with Crippen molar-refractivity contribution in [3.63, 3.8) is 0 Å². The number of hydrogen-bond acceptors (Lipinski definition) is 4. The van der Waals surface area contributed by atoms with E-state index in [1.54, 1.807) is 21.6 Å². The Labute approximate surface area is 320 Å². The fourth-order valence-electron chi connectivity index (χ4n) is 8.74. The number of aryl methyl sites for hydroxylation is 3.